The van der Waals surface area contributed by atoms with Gasteiger partial charge in [0, 0.05) is 5.75 Å². The van der Waals surface area contributed by atoms with Gasteiger partial charge in [0.1, 0.15) is 24.1 Å². The third kappa shape index (κ3) is 2.95. The van der Waals surface area contributed by atoms with Gasteiger partial charge in [0.15, 0.2) is 17.7 Å². The van der Waals surface area contributed by atoms with Gasteiger partial charge in [-0.3, -0.25) is 9.36 Å². The standard InChI is InChI=1S/C12H15N5O5S/c13-10-7-11(15-3-14-10)17(4-16-7)12-9(21)8(20)5(22-12)1-23-2-6(18)19/h3-5,8-9,12,20-21H,1-2H2,(H,18,19)(H2,13,14,15)/t5-,8?,9+,12-/m1/s1. The zero-order valence-corrected chi connectivity index (χ0v) is 12.6. The second-order valence-corrected chi connectivity index (χ2v) is 6.07. The normalized spacial score (nSPS) is 27.6. The van der Waals surface area contributed by atoms with Gasteiger partial charge in [0.25, 0.3) is 0 Å². The van der Waals surface area contributed by atoms with Crippen molar-refractivity contribution in [3.8, 4) is 0 Å². The van der Waals surface area contributed by atoms with Gasteiger partial charge in [-0.25, -0.2) is 15.0 Å². The second kappa shape index (κ2) is 6.28. The SMILES string of the molecule is Nc1ncnc2c1ncn2[C@@H]1O[C@H](CSCC(=O)O)C(O)[C@@H]1O. The number of hydrogen-bond donors (Lipinski definition) is 4. The predicted octanol–water partition coefficient (Wildman–Crippen LogP) is -1.15. The van der Waals surface area contributed by atoms with Gasteiger partial charge in [-0.1, -0.05) is 0 Å². The summed E-state index contributed by atoms with van der Waals surface area (Å²) in [5.41, 5.74) is 6.47. The van der Waals surface area contributed by atoms with Crippen LogP contribution in [0.1, 0.15) is 6.23 Å². The fourth-order valence-corrected chi connectivity index (χ4v) is 3.22. The third-order valence-corrected chi connectivity index (χ3v) is 4.52. The molecule has 1 aliphatic rings. The number of rotatable bonds is 5. The van der Waals surface area contributed by atoms with Crippen LogP contribution < -0.4 is 5.73 Å². The summed E-state index contributed by atoms with van der Waals surface area (Å²) in [6.45, 7) is 0. The van der Waals surface area contributed by atoms with E-state index in [-0.39, 0.29) is 17.3 Å². The number of nitrogens with zero attached hydrogens (tertiary/aromatic N) is 4. The number of carboxylic acid groups (broad SMARTS) is 1. The van der Waals surface area contributed by atoms with Gasteiger partial charge >= 0.3 is 5.97 Å². The number of nitrogen functional groups attached to an aromatic ring is 1. The van der Waals surface area contributed by atoms with E-state index < -0.39 is 30.5 Å². The first kappa shape index (κ1) is 15.9. The number of aliphatic hydroxyl groups excluding tert-OH is 2. The summed E-state index contributed by atoms with van der Waals surface area (Å²) in [7, 11) is 0. The van der Waals surface area contributed by atoms with Crippen LogP contribution in [0, 0.1) is 0 Å². The van der Waals surface area contributed by atoms with E-state index in [0.29, 0.717) is 11.2 Å². The molecule has 2 aromatic heterocycles. The third-order valence-electron chi connectivity index (χ3n) is 3.51. The molecule has 0 saturated carbocycles. The van der Waals surface area contributed by atoms with Crippen LogP contribution in [0.2, 0.25) is 0 Å². The fourth-order valence-electron chi connectivity index (χ4n) is 2.42. The Kier molecular flexibility index (Phi) is 4.35. The van der Waals surface area contributed by atoms with Gasteiger partial charge in [-0.15, -0.1) is 11.8 Å². The first-order valence-corrected chi connectivity index (χ1v) is 7.88. The van der Waals surface area contributed by atoms with Gasteiger partial charge in [0.05, 0.1) is 18.2 Å². The van der Waals surface area contributed by atoms with Gasteiger partial charge in [-0.05, 0) is 0 Å². The average Bonchev–Trinajstić information content (AvgIpc) is 3.04. The number of aromatic nitrogens is 4. The van der Waals surface area contributed by atoms with Gasteiger partial charge in [-0.2, -0.15) is 0 Å². The van der Waals surface area contributed by atoms with Crippen LogP contribution >= 0.6 is 11.8 Å². The Labute approximate surface area is 134 Å². The number of nitrogens with two attached hydrogens (primary N) is 1. The fraction of sp³-hybridized carbons (Fsp3) is 0.500. The number of hydrogen-bond acceptors (Lipinski definition) is 9. The Morgan fingerprint density at radius 1 is 1.35 bits per heavy atom. The summed E-state index contributed by atoms with van der Waals surface area (Å²) in [4.78, 5) is 22.5. The van der Waals surface area contributed by atoms with Crippen LogP contribution in [0.25, 0.3) is 11.2 Å². The Bertz CT molecular complexity index is 725. The highest BCUT2D eigenvalue weighted by molar-refractivity contribution is 7.99. The van der Waals surface area contributed by atoms with Crippen molar-refractivity contribution in [3.05, 3.63) is 12.7 Å². The molecule has 4 atom stereocenters. The van der Waals surface area contributed by atoms with Crippen LogP contribution in [0.3, 0.4) is 0 Å². The van der Waals surface area contributed by atoms with E-state index in [1.165, 1.54) is 17.2 Å². The number of ether oxygens (including phenoxy) is 1. The largest absolute Gasteiger partial charge is 0.481 e. The molecule has 0 radical (unpaired) electrons. The summed E-state index contributed by atoms with van der Waals surface area (Å²) in [5, 5.41) is 28.9. The van der Waals surface area contributed by atoms with Crippen molar-refractivity contribution in [1.29, 1.82) is 0 Å². The summed E-state index contributed by atoms with van der Waals surface area (Å²) < 4.78 is 7.14. The summed E-state index contributed by atoms with van der Waals surface area (Å²) in [6, 6.07) is 0. The van der Waals surface area contributed by atoms with Crippen molar-refractivity contribution in [1.82, 2.24) is 19.5 Å². The lowest BCUT2D eigenvalue weighted by Gasteiger charge is -2.16. The molecule has 1 saturated heterocycles. The number of fused-ring (bicyclic) bond motifs is 1. The van der Waals surface area contributed by atoms with Crippen molar-refractivity contribution < 1.29 is 24.9 Å². The van der Waals surface area contributed by atoms with Crippen molar-refractivity contribution in [3.63, 3.8) is 0 Å². The van der Waals surface area contributed by atoms with Crippen molar-refractivity contribution >= 4 is 34.7 Å². The molecule has 0 aromatic carbocycles. The minimum absolute atomic E-state index is 0.106. The maximum absolute atomic E-state index is 10.5. The molecule has 2 aromatic rings. The minimum atomic E-state index is -1.20. The zero-order chi connectivity index (χ0) is 16.6. The summed E-state index contributed by atoms with van der Waals surface area (Å²) in [6.07, 6.45) is -1.25. The molecule has 1 unspecified atom stereocenters. The molecule has 5 N–H and O–H groups in total. The second-order valence-electron chi connectivity index (χ2n) is 5.04. The number of aliphatic hydroxyl groups is 2. The van der Waals surface area contributed by atoms with Crippen molar-refractivity contribution in [2.45, 2.75) is 24.5 Å². The Hall–Kier alpha value is -1.95. The quantitative estimate of drug-likeness (QED) is 0.523. The molecular weight excluding hydrogens is 326 g/mol. The van der Waals surface area contributed by atoms with Crippen LogP contribution in [-0.4, -0.2) is 70.6 Å². The molecule has 1 aliphatic heterocycles. The van der Waals surface area contributed by atoms with Crippen LogP contribution in [0.4, 0.5) is 5.82 Å². The first-order valence-electron chi connectivity index (χ1n) is 6.73. The van der Waals surface area contributed by atoms with E-state index in [1.54, 1.807) is 0 Å². The van der Waals surface area contributed by atoms with Crippen LogP contribution in [-0.2, 0) is 9.53 Å². The Morgan fingerprint density at radius 2 is 2.13 bits per heavy atom. The lowest BCUT2D eigenvalue weighted by atomic mass is 10.1. The lowest BCUT2D eigenvalue weighted by molar-refractivity contribution is -0.133. The number of carboxylic acids is 1. The molecule has 124 valence electrons. The number of thioether (sulfide) groups is 1. The Morgan fingerprint density at radius 3 is 2.87 bits per heavy atom. The van der Waals surface area contributed by atoms with E-state index in [4.69, 9.17) is 15.6 Å². The van der Waals surface area contributed by atoms with Gasteiger partial charge < -0.3 is 25.8 Å². The number of imidazole rings is 1. The molecular formula is C12H15N5O5S. The molecule has 23 heavy (non-hydrogen) atoms. The van der Waals surface area contributed by atoms with Crippen molar-refractivity contribution in [2.75, 3.05) is 17.2 Å². The summed E-state index contributed by atoms with van der Waals surface area (Å²) in [5.74, 6) is -0.613. The first-order chi connectivity index (χ1) is 11.0. The maximum Gasteiger partial charge on any atom is 0.313 e. The van der Waals surface area contributed by atoms with E-state index in [9.17, 15) is 15.0 Å². The molecule has 1 fully saturated rings. The monoisotopic (exact) mass is 341 g/mol. The maximum atomic E-state index is 10.5. The topological polar surface area (TPSA) is 157 Å². The summed E-state index contributed by atoms with van der Waals surface area (Å²) >= 11 is 1.10. The smallest absolute Gasteiger partial charge is 0.313 e. The van der Waals surface area contributed by atoms with Gasteiger partial charge in [0.2, 0.25) is 0 Å². The molecule has 11 heteroatoms. The van der Waals surface area contributed by atoms with E-state index in [2.05, 4.69) is 15.0 Å². The highest BCUT2D eigenvalue weighted by Crippen LogP contribution is 2.33. The van der Waals surface area contributed by atoms with E-state index in [0.717, 1.165) is 11.8 Å². The molecule has 10 nitrogen and oxygen atoms in total. The van der Waals surface area contributed by atoms with Crippen LogP contribution in [0.15, 0.2) is 12.7 Å². The number of carbonyl (C=O) groups is 1. The Balaban J connectivity index is 1.80. The van der Waals surface area contributed by atoms with Crippen LogP contribution in [0.5, 0.6) is 0 Å². The minimum Gasteiger partial charge on any atom is -0.481 e. The molecule has 3 heterocycles. The number of aliphatic carboxylic acids is 1. The molecule has 0 amide bonds. The molecule has 0 aliphatic carbocycles. The molecule has 0 spiro atoms. The molecule has 3 rings (SSSR count). The predicted molar refractivity (Wildman–Crippen MR) is 80.6 cm³/mol. The highest BCUT2D eigenvalue weighted by Gasteiger charge is 2.44. The van der Waals surface area contributed by atoms with E-state index >= 15 is 0 Å². The average molecular weight is 341 g/mol. The van der Waals surface area contributed by atoms with Crippen molar-refractivity contribution in [2.24, 2.45) is 0 Å². The van der Waals surface area contributed by atoms with E-state index in [1.807, 2.05) is 0 Å². The highest BCUT2D eigenvalue weighted by atomic mass is 32.2. The zero-order valence-electron chi connectivity index (χ0n) is 11.8. The molecule has 0 bridgehead atoms. The number of anilines is 1. The lowest BCUT2D eigenvalue weighted by Crippen LogP contribution is -2.32.